The molecule has 0 saturated heterocycles. The number of hydrogen-bond acceptors (Lipinski definition) is 4. The standard InChI is InChI=1S/C12H13FN2O2S2/c1-8-7-14-12(18-8)9(2)15-19(16,17)11-5-3-4-10(13)6-11/h3-7,9,15H,1-2H3. The van der Waals surface area contributed by atoms with Crippen molar-refractivity contribution in [2.45, 2.75) is 24.8 Å². The number of nitrogens with one attached hydrogen (secondary N) is 1. The Balaban J connectivity index is 2.22. The van der Waals surface area contributed by atoms with Gasteiger partial charge < -0.3 is 0 Å². The Kier molecular flexibility index (Phi) is 3.98. The first-order valence-corrected chi connectivity index (χ1v) is 7.89. The molecule has 0 spiro atoms. The van der Waals surface area contributed by atoms with Gasteiger partial charge in [0.1, 0.15) is 10.8 Å². The van der Waals surface area contributed by atoms with Crippen molar-refractivity contribution >= 4 is 21.4 Å². The zero-order valence-corrected chi connectivity index (χ0v) is 12.1. The fourth-order valence-corrected chi connectivity index (χ4v) is 3.65. The third-order valence-corrected chi connectivity index (χ3v) is 5.08. The lowest BCUT2D eigenvalue weighted by Crippen LogP contribution is -2.26. The van der Waals surface area contributed by atoms with Crippen LogP contribution in [0.2, 0.25) is 0 Å². The molecule has 1 N–H and O–H groups in total. The van der Waals surface area contributed by atoms with Crippen molar-refractivity contribution in [3.8, 4) is 0 Å². The van der Waals surface area contributed by atoms with E-state index in [0.717, 1.165) is 10.9 Å². The first-order valence-electron chi connectivity index (χ1n) is 5.59. The predicted octanol–water partition coefficient (Wildman–Crippen LogP) is 2.63. The number of halogens is 1. The van der Waals surface area contributed by atoms with E-state index >= 15 is 0 Å². The first kappa shape index (κ1) is 14.1. The van der Waals surface area contributed by atoms with Gasteiger partial charge in [-0.05, 0) is 32.0 Å². The lowest BCUT2D eigenvalue weighted by atomic mass is 10.4. The molecule has 7 heteroatoms. The Morgan fingerprint density at radius 1 is 1.42 bits per heavy atom. The summed E-state index contributed by atoms with van der Waals surface area (Å²) in [6.45, 7) is 3.60. The molecule has 1 aromatic heterocycles. The summed E-state index contributed by atoms with van der Waals surface area (Å²) in [5, 5.41) is 0.678. The highest BCUT2D eigenvalue weighted by atomic mass is 32.2. The molecule has 0 aliphatic rings. The molecule has 0 aliphatic heterocycles. The van der Waals surface area contributed by atoms with Crippen LogP contribution >= 0.6 is 11.3 Å². The van der Waals surface area contributed by atoms with Crippen LogP contribution in [0.15, 0.2) is 35.4 Å². The van der Waals surface area contributed by atoms with Crippen molar-refractivity contribution in [1.82, 2.24) is 9.71 Å². The molecule has 2 aromatic rings. The Hall–Kier alpha value is -1.31. The van der Waals surface area contributed by atoms with Gasteiger partial charge in [0.2, 0.25) is 10.0 Å². The van der Waals surface area contributed by atoms with Gasteiger partial charge in [-0.1, -0.05) is 6.07 Å². The van der Waals surface area contributed by atoms with Gasteiger partial charge in [-0.25, -0.2) is 22.5 Å². The van der Waals surface area contributed by atoms with E-state index in [4.69, 9.17) is 0 Å². The fraction of sp³-hybridized carbons (Fsp3) is 0.250. The van der Waals surface area contributed by atoms with Crippen LogP contribution < -0.4 is 4.72 Å². The van der Waals surface area contributed by atoms with Gasteiger partial charge >= 0.3 is 0 Å². The van der Waals surface area contributed by atoms with E-state index in [9.17, 15) is 12.8 Å². The van der Waals surface area contributed by atoms with Crippen LogP contribution in [0.1, 0.15) is 22.9 Å². The smallest absolute Gasteiger partial charge is 0.241 e. The van der Waals surface area contributed by atoms with Gasteiger partial charge in [0.25, 0.3) is 0 Å². The van der Waals surface area contributed by atoms with Crippen molar-refractivity contribution in [3.05, 3.63) is 46.2 Å². The molecule has 4 nitrogen and oxygen atoms in total. The monoisotopic (exact) mass is 300 g/mol. The summed E-state index contributed by atoms with van der Waals surface area (Å²) in [4.78, 5) is 5.04. The van der Waals surface area contributed by atoms with Crippen molar-refractivity contribution < 1.29 is 12.8 Å². The molecule has 0 saturated carbocycles. The molecule has 0 radical (unpaired) electrons. The SMILES string of the molecule is Cc1cnc(C(C)NS(=O)(=O)c2cccc(F)c2)s1. The van der Waals surface area contributed by atoms with E-state index in [1.165, 1.54) is 29.5 Å². The van der Waals surface area contributed by atoms with Gasteiger partial charge in [-0.2, -0.15) is 0 Å². The summed E-state index contributed by atoms with van der Waals surface area (Å²) in [6.07, 6.45) is 1.69. The van der Waals surface area contributed by atoms with Crippen molar-refractivity contribution in [2.24, 2.45) is 0 Å². The van der Waals surface area contributed by atoms with Crippen molar-refractivity contribution in [3.63, 3.8) is 0 Å². The minimum atomic E-state index is -3.74. The van der Waals surface area contributed by atoms with E-state index in [1.807, 2.05) is 6.92 Å². The van der Waals surface area contributed by atoms with Gasteiger partial charge in [-0.3, -0.25) is 0 Å². The zero-order chi connectivity index (χ0) is 14.0. The topological polar surface area (TPSA) is 59.1 Å². The zero-order valence-electron chi connectivity index (χ0n) is 10.4. The highest BCUT2D eigenvalue weighted by Crippen LogP contribution is 2.21. The van der Waals surface area contributed by atoms with Crippen molar-refractivity contribution in [2.75, 3.05) is 0 Å². The van der Waals surface area contributed by atoms with Crippen LogP contribution in [-0.4, -0.2) is 13.4 Å². The van der Waals surface area contributed by atoms with E-state index in [0.29, 0.717) is 5.01 Å². The van der Waals surface area contributed by atoms with Crippen LogP contribution in [-0.2, 0) is 10.0 Å². The van der Waals surface area contributed by atoms with Crippen LogP contribution in [0.25, 0.3) is 0 Å². The molecule has 1 heterocycles. The molecule has 1 unspecified atom stereocenters. The van der Waals surface area contributed by atoms with Gasteiger partial charge in [0.15, 0.2) is 0 Å². The van der Waals surface area contributed by atoms with Crippen LogP contribution in [0.5, 0.6) is 0 Å². The number of thiazole rings is 1. The second-order valence-corrected chi connectivity index (χ2v) is 7.09. The lowest BCUT2D eigenvalue weighted by molar-refractivity contribution is 0.563. The minimum absolute atomic E-state index is 0.0902. The summed E-state index contributed by atoms with van der Waals surface area (Å²) < 4.78 is 39.7. The molecule has 0 amide bonds. The van der Waals surface area contributed by atoms with Crippen LogP contribution in [0.3, 0.4) is 0 Å². The number of aryl methyl sites for hydroxylation is 1. The summed E-state index contributed by atoms with van der Waals surface area (Å²) in [7, 11) is -3.74. The van der Waals surface area contributed by atoms with E-state index in [2.05, 4.69) is 9.71 Å². The maximum Gasteiger partial charge on any atom is 0.241 e. The third-order valence-electron chi connectivity index (χ3n) is 2.45. The average molecular weight is 300 g/mol. The predicted molar refractivity (Wildman–Crippen MR) is 72.0 cm³/mol. The Bertz CT molecular complexity index is 683. The maximum absolute atomic E-state index is 13.1. The van der Waals surface area contributed by atoms with E-state index in [-0.39, 0.29) is 4.90 Å². The second-order valence-electron chi connectivity index (χ2n) is 4.11. The minimum Gasteiger partial charge on any atom is -0.248 e. The molecular weight excluding hydrogens is 287 g/mol. The van der Waals surface area contributed by atoms with Gasteiger partial charge in [0.05, 0.1) is 10.9 Å². The van der Waals surface area contributed by atoms with Gasteiger partial charge in [-0.15, -0.1) is 11.3 Å². The number of sulfonamides is 1. The summed E-state index contributed by atoms with van der Waals surface area (Å²) in [6, 6.07) is 4.45. The normalized spacial score (nSPS) is 13.4. The number of benzene rings is 1. The molecule has 1 atom stereocenters. The quantitative estimate of drug-likeness (QED) is 0.944. The number of rotatable bonds is 4. The summed E-state index contributed by atoms with van der Waals surface area (Å²) in [5.41, 5.74) is 0. The number of hydrogen-bond donors (Lipinski definition) is 1. The molecule has 19 heavy (non-hydrogen) atoms. The molecule has 0 bridgehead atoms. The largest absolute Gasteiger partial charge is 0.248 e. The highest BCUT2D eigenvalue weighted by molar-refractivity contribution is 7.89. The lowest BCUT2D eigenvalue weighted by Gasteiger charge is -2.11. The summed E-state index contributed by atoms with van der Waals surface area (Å²) in [5.74, 6) is -0.583. The maximum atomic E-state index is 13.1. The average Bonchev–Trinajstić information content (AvgIpc) is 2.75. The Labute approximate surface area is 115 Å². The Morgan fingerprint density at radius 3 is 2.74 bits per heavy atom. The van der Waals surface area contributed by atoms with Gasteiger partial charge in [0, 0.05) is 11.1 Å². The number of nitrogens with zero attached hydrogens (tertiary/aromatic N) is 1. The third kappa shape index (κ3) is 3.37. The second kappa shape index (κ2) is 5.36. The van der Waals surface area contributed by atoms with Crippen molar-refractivity contribution in [1.29, 1.82) is 0 Å². The first-order chi connectivity index (χ1) is 8.88. The highest BCUT2D eigenvalue weighted by Gasteiger charge is 2.20. The molecule has 102 valence electrons. The molecule has 1 aromatic carbocycles. The molecule has 0 fully saturated rings. The molecule has 0 aliphatic carbocycles. The van der Waals surface area contributed by atoms with E-state index < -0.39 is 21.9 Å². The number of aromatic nitrogens is 1. The summed E-state index contributed by atoms with van der Waals surface area (Å²) >= 11 is 1.42. The van der Waals surface area contributed by atoms with Crippen LogP contribution in [0, 0.1) is 12.7 Å². The molecular formula is C12H13FN2O2S2. The molecule has 2 rings (SSSR count). The van der Waals surface area contributed by atoms with Crippen LogP contribution in [0.4, 0.5) is 4.39 Å². The van der Waals surface area contributed by atoms with E-state index in [1.54, 1.807) is 13.1 Å². The Morgan fingerprint density at radius 2 is 2.16 bits per heavy atom. The fourth-order valence-electron chi connectivity index (χ4n) is 1.56.